The Morgan fingerprint density at radius 1 is 1.24 bits per heavy atom. The van der Waals surface area contributed by atoms with Crippen LogP contribution in [0.5, 0.6) is 5.75 Å². The number of aromatic nitrogens is 1. The number of benzene rings is 2. The molecule has 34 heavy (non-hydrogen) atoms. The predicted molar refractivity (Wildman–Crippen MR) is 123 cm³/mol. The van der Waals surface area contributed by atoms with Gasteiger partial charge in [0.1, 0.15) is 18.2 Å². The average molecular weight is 472 g/mol. The molecule has 1 aliphatic heterocycles. The Kier molecular flexibility index (Phi) is 6.02. The molecule has 1 saturated carbocycles. The molecule has 3 N–H and O–H groups in total. The minimum absolute atomic E-state index is 0.0270. The number of nitrogens with one attached hydrogen (secondary N) is 1. The molecule has 2 aliphatic rings. The van der Waals surface area contributed by atoms with Crippen LogP contribution < -0.4 is 10.5 Å². The van der Waals surface area contributed by atoms with Crippen LogP contribution in [0.2, 0.25) is 0 Å². The van der Waals surface area contributed by atoms with Crippen molar-refractivity contribution >= 4 is 16.8 Å². The number of hydrogen-bond donors (Lipinski definition) is 2. The zero-order valence-electron chi connectivity index (χ0n) is 19.0. The number of aromatic amines is 1. The Balaban J connectivity index is 1.35. The van der Waals surface area contributed by atoms with E-state index < -0.39 is 23.4 Å². The van der Waals surface area contributed by atoms with Gasteiger partial charge in [-0.25, -0.2) is 13.2 Å². The molecule has 3 aromatic rings. The van der Waals surface area contributed by atoms with Gasteiger partial charge in [0.25, 0.3) is 0 Å². The lowest BCUT2D eigenvalue weighted by molar-refractivity contribution is 0.0752. The monoisotopic (exact) mass is 471 g/mol. The summed E-state index contributed by atoms with van der Waals surface area (Å²) in [5.41, 5.74) is 7.55. The fourth-order valence-electron chi connectivity index (χ4n) is 5.11. The number of carbonyl (C=O) groups excluding carboxylic acids is 1. The van der Waals surface area contributed by atoms with Crippen molar-refractivity contribution < 1.29 is 22.7 Å². The molecule has 2 unspecified atom stereocenters. The standard InChI is InChI=1S/C26H28F3N3O2/c1-14(2-5-16-11-31-24-20(16)8-17(27)9-23(24)29)32(12-15-3-4-15)18-10-21-19(26(30)33)6-7-22(28)25(21)34-13-18/h6-9,11,14-15,18,31H,2-5,10,12-13H2,1H3,(H2,30,33). The number of nitrogens with two attached hydrogens (primary N) is 1. The first-order chi connectivity index (χ1) is 16.3. The lowest BCUT2D eigenvalue weighted by Crippen LogP contribution is -2.49. The quantitative estimate of drug-likeness (QED) is 0.499. The molecular formula is C26H28F3N3O2. The van der Waals surface area contributed by atoms with Crippen molar-refractivity contribution in [3.8, 4) is 5.75 Å². The molecule has 0 spiro atoms. The van der Waals surface area contributed by atoms with Crippen molar-refractivity contribution in [3.63, 3.8) is 0 Å². The van der Waals surface area contributed by atoms with Crippen LogP contribution in [0.15, 0.2) is 30.5 Å². The van der Waals surface area contributed by atoms with Gasteiger partial charge in [-0.05, 0) is 68.7 Å². The van der Waals surface area contributed by atoms with E-state index in [0.717, 1.165) is 24.6 Å². The highest BCUT2D eigenvalue weighted by atomic mass is 19.1. The first-order valence-electron chi connectivity index (χ1n) is 11.8. The fourth-order valence-corrected chi connectivity index (χ4v) is 5.11. The van der Waals surface area contributed by atoms with E-state index in [0.29, 0.717) is 47.4 Å². The second-order valence-corrected chi connectivity index (χ2v) is 9.59. The summed E-state index contributed by atoms with van der Waals surface area (Å²) in [5, 5.41) is 0.565. The van der Waals surface area contributed by atoms with Crippen LogP contribution in [0.4, 0.5) is 13.2 Å². The minimum Gasteiger partial charge on any atom is -0.489 e. The molecule has 5 nitrogen and oxygen atoms in total. The molecule has 1 aliphatic carbocycles. The number of rotatable bonds is 8. The smallest absolute Gasteiger partial charge is 0.249 e. The number of amides is 1. The Morgan fingerprint density at radius 3 is 2.76 bits per heavy atom. The van der Waals surface area contributed by atoms with Gasteiger partial charge in [0.15, 0.2) is 11.6 Å². The molecule has 0 radical (unpaired) electrons. The van der Waals surface area contributed by atoms with Crippen LogP contribution >= 0.6 is 0 Å². The molecule has 2 aromatic carbocycles. The topological polar surface area (TPSA) is 71.3 Å². The number of hydrogen-bond acceptors (Lipinski definition) is 3. The van der Waals surface area contributed by atoms with E-state index in [4.69, 9.17) is 10.5 Å². The highest BCUT2D eigenvalue weighted by Crippen LogP contribution is 2.36. The number of H-pyrrole nitrogens is 1. The summed E-state index contributed by atoms with van der Waals surface area (Å²) in [6.07, 6.45) is 5.99. The molecule has 180 valence electrons. The highest BCUT2D eigenvalue weighted by Gasteiger charge is 2.35. The number of fused-ring (bicyclic) bond motifs is 2. The number of halogens is 3. The van der Waals surface area contributed by atoms with Crippen LogP contribution in [0.1, 0.15) is 47.7 Å². The zero-order chi connectivity index (χ0) is 24.0. The van der Waals surface area contributed by atoms with E-state index in [9.17, 15) is 18.0 Å². The molecular weight excluding hydrogens is 443 g/mol. The number of ether oxygens (including phenoxy) is 1. The Labute approximate surface area is 196 Å². The SMILES string of the molecule is CC(CCc1c[nH]c2c(F)cc(F)cc12)N(CC1CC1)C1COc2c(F)ccc(C(N)=O)c2C1. The van der Waals surface area contributed by atoms with Crippen molar-refractivity contribution in [3.05, 3.63) is 64.6 Å². The predicted octanol–water partition coefficient (Wildman–Crippen LogP) is 4.72. The first-order valence-corrected chi connectivity index (χ1v) is 11.8. The summed E-state index contributed by atoms with van der Waals surface area (Å²) >= 11 is 0. The van der Waals surface area contributed by atoms with Crippen LogP contribution in [0.25, 0.3) is 10.9 Å². The second-order valence-electron chi connectivity index (χ2n) is 9.59. The van der Waals surface area contributed by atoms with Gasteiger partial charge < -0.3 is 15.5 Å². The highest BCUT2D eigenvalue weighted by molar-refractivity contribution is 5.95. The largest absolute Gasteiger partial charge is 0.489 e. The molecule has 5 rings (SSSR count). The maximum atomic E-state index is 14.3. The van der Waals surface area contributed by atoms with E-state index >= 15 is 0 Å². The van der Waals surface area contributed by atoms with Gasteiger partial charge in [-0.15, -0.1) is 0 Å². The van der Waals surface area contributed by atoms with Crippen molar-refractivity contribution in [1.82, 2.24) is 9.88 Å². The normalized spacial score (nSPS) is 18.7. The third-order valence-electron chi connectivity index (χ3n) is 7.16. The number of carbonyl (C=O) groups is 1. The molecule has 1 fully saturated rings. The third kappa shape index (κ3) is 4.39. The average Bonchev–Trinajstić information content (AvgIpc) is 3.53. The summed E-state index contributed by atoms with van der Waals surface area (Å²) in [7, 11) is 0. The van der Waals surface area contributed by atoms with Gasteiger partial charge in [-0.1, -0.05) is 0 Å². The zero-order valence-corrected chi connectivity index (χ0v) is 19.0. The van der Waals surface area contributed by atoms with Crippen molar-refractivity contribution in [2.45, 2.75) is 51.1 Å². The Morgan fingerprint density at radius 2 is 2.03 bits per heavy atom. The van der Waals surface area contributed by atoms with Gasteiger partial charge in [0.2, 0.25) is 5.91 Å². The molecule has 0 bridgehead atoms. The third-order valence-corrected chi connectivity index (χ3v) is 7.16. The molecule has 0 saturated heterocycles. The van der Waals surface area contributed by atoms with E-state index in [1.807, 2.05) is 0 Å². The van der Waals surface area contributed by atoms with Gasteiger partial charge >= 0.3 is 0 Å². The fraction of sp³-hybridized carbons (Fsp3) is 0.423. The van der Waals surface area contributed by atoms with E-state index in [1.54, 1.807) is 6.20 Å². The van der Waals surface area contributed by atoms with Crippen LogP contribution in [-0.4, -0.2) is 41.0 Å². The Bertz CT molecular complexity index is 1240. The summed E-state index contributed by atoms with van der Waals surface area (Å²) in [4.78, 5) is 17.2. The van der Waals surface area contributed by atoms with E-state index in [1.165, 1.54) is 31.0 Å². The van der Waals surface area contributed by atoms with Crippen LogP contribution in [0, 0.1) is 23.4 Å². The maximum Gasteiger partial charge on any atom is 0.249 e. The second kappa shape index (κ2) is 8.98. The Hall–Kier alpha value is -3.00. The van der Waals surface area contributed by atoms with E-state index in [-0.39, 0.29) is 17.8 Å². The number of aryl methyl sites for hydroxylation is 1. The first kappa shape index (κ1) is 22.8. The van der Waals surface area contributed by atoms with Crippen LogP contribution in [-0.2, 0) is 12.8 Å². The van der Waals surface area contributed by atoms with E-state index in [2.05, 4.69) is 16.8 Å². The molecule has 8 heteroatoms. The summed E-state index contributed by atoms with van der Waals surface area (Å²) in [6.45, 7) is 3.35. The summed E-state index contributed by atoms with van der Waals surface area (Å²) in [5.74, 6) is -1.54. The van der Waals surface area contributed by atoms with Gasteiger partial charge in [0.05, 0.1) is 5.52 Å². The van der Waals surface area contributed by atoms with Crippen molar-refractivity contribution in [2.75, 3.05) is 13.2 Å². The van der Waals surface area contributed by atoms with Gasteiger partial charge in [-0.3, -0.25) is 9.69 Å². The molecule has 1 aromatic heterocycles. The van der Waals surface area contributed by atoms with Crippen LogP contribution in [0.3, 0.4) is 0 Å². The van der Waals surface area contributed by atoms with Gasteiger partial charge in [-0.2, -0.15) is 0 Å². The lowest BCUT2D eigenvalue weighted by atomic mass is 9.94. The lowest BCUT2D eigenvalue weighted by Gasteiger charge is -2.39. The van der Waals surface area contributed by atoms with Gasteiger partial charge in [0, 0.05) is 47.4 Å². The summed E-state index contributed by atoms with van der Waals surface area (Å²) in [6, 6.07) is 5.00. The van der Waals surface area contributed by atoms with Crippen molar-refractivity contribution in [2.24, 2.45) is 11.7 Å². The molecule has 2 heterocycles. The van der Waals surface area contributed by atoms with Crippen molar-refractivity contribution in [1.29, 1.82) is 0 Å². The number of nitrogens with zero attached hydrogens (tertiary/aromatic N) is 1. The maximum absolute atomic E-state index is 14.3. The minimum atomic E-state index is -0.597. The molecule has 2 atom stereocenters. The molecule has 1 amide bonds. The number of primary amides is 1. The summed E-state index contributed by atoms with van der Waals surface area (Å²) < 4.78 is 48.0.